The fourth-order valence-electron chi connectivity index (χ4n) is 2.27. The Morgan fingerprint density at radius 3 is 2.71 bits per heavy atom. The van der Waals surface area contributed by atoms with Crippen LogP contribution in [0.25, 0.3) is 28.1 Å². The standard InChI is InChI=1S/C16H11N5/c1-2-6-15-13(5-1)19-11-21(15)16-10-18-9-14(20-16)12-4-3-7-17-8-12/h1-11H. The van der Waals surface area contributed by atoms with Gasteiger partial charge in [0, 0.05) is 18.0 Å². The second-order valence-corrected chi connectivity index (χ2v) is 4.61. The SMILES string of the molecule is c1cncc(-c2cncc(-n3cnc4ccccc43)n2)c1. The quantitative estimate of drug-likeness (QED) is 0.563. The molecule has 0 saturated heterocycles. The molecule has 0 aliphatic rings. The average Bonchev–Trinajstić information content (AvgIpc) is 3.00. The van der Waals surface area contributed by atoms with E-state index in [0.717, 1.165) is 28.1 Å². The van der Waals surface area contributed by atoms with E-state index in [2.05, 4.69) is 19.9 Å². The predicted molar refractivity (Wildman–Crippen MR) is 79.9 cm³/mol. The van der Waals surface area contributed by atoms with E-state index in [9.17, 15) is 0 Å². The Balaban J connectivity index is 1.87. The molecule has 5 nitrogen and oxygen atoms in total. The lowest BCUT2D eigenvalue weighted by Gasteiger charge is -2.05. The molecule has 0 fully saturated rings. The molecule has 0 aliphatic carbocycles. The zero-order chi connectivity index (χ0) is 14.1. The normalized spacial score (nSPS) is 10.9. The lowest BCUT2D eigenvalue weighted by atomic mass is 10.2. The van der Waals surface area contributed by atoms with Gasteiger partial charge in [0.2, 0.25) is 0 Å². The molecule has 5 heteroatoms. The van der Waals surface area contributed by atoms with Crippen molar-refractivity contribution < 1.29 is 0 Å². The average molecular weight is 273 g/mol. The van der Waals surface area contributed by atoms with Crippen LogP contribution in [0.4, 0.5) is 0 Å². The molecule has 0 N–H and O–H groups in total. The van der Waals surface area contributed by atoms with Gasteiger partial charge in [0.1, 0.15) is 6.33 Å². The van der Waals surface area contributed by atoms with E-state index < -0.39 is 0 Å². The molecule has 0 aliphatic heterocycles. The zero-order valence-electron chi connectivity index (χ0n) is 11.1. The smallest absolute Gasteiger partial charge is 0.157 e. The highest BCUT2D eigenvalue weighted by Gasteiger charge is 2.07. The summed E-state index contributed by atoms with van der Waals surface area (Å²) in [5.41, 5.74) is 3.68. The van der Waals surface area contributed by atoms with Gasteiger partial charge in [-0.05, 0) is 24.3 Å². The van der Waals surface area contributed by atoms with E-state index in [1.54, 1.807) is 31.1 Å². The van der Waals surface area contributed by atoms with Gasteiger partial charge < -0.3 is 0 Å². The lowest BCUT2D eigenvalue weighted by Crippen LogP contribution is -1.98. The zero-order valence-corrected chi connectivity index (χ0v) is 11.1. The van der Waals surface area contributed by atoms with Gasteiger partial charge in [-0.3, -0.25) is 14.5 Å². The number of nitrogens with zero attached hydrogens (tertiary/aromatic N) is 5. The third-order valence-corrected chi connectivity index (χ3v) is 3.28. The largest absolute Gasteiger partial charge is 0.282 e. The minimum atomic E-state index is 0.741. The van der Waals surface area contributed by atoms with Gasteiger partial charge in [-0.25, -0.2) is 9.97 Å². The number of fused-ring (bicyclic) bond motifs is 1. The Morgan fingerprint density at radius 2 is 1.81 bits per heavy atom. The maximum Gasteiger partial charge on any atom is 0.157 e. The van der Waals surface area contributed by atoms with E-state index in [4.69, 9.17) is 0 Å². The van der Waals surface area contributed by atoms with Gasteiger partial charge in [0.25, 0.3) is 0 Å². The third-order valence-electron chi connectivity index (χ3n) is 3.28. The minimum Gasteiger partial charge on any atom is -0.282 e. The first-order valence-corrected chi connectivity index (χ1v) is 6.57. The monoisotopic (exact) mass is 273 g/mol. The van der Waals surface area contributed by atoms with Crippen LogP contribution >= 0.6 is 0 Å². The van der Waals surface area contributed by atoms with Crippen molar-refractivity contribution in [1.82, 2.24) is 24.5 Å². The highest BCUT2D eigenvalue weighted by Crippen LogP contribution is 2.19. The fourth-order valence-corrected chi connectivity index (χ4v) is 2.27. The first-order valence-electron chi connectivity index (χ1n) is 6.57. The molecule has 21 heavy (non-hydrogen) atoms. The van der Waals surface area contributed by atoms with Gasteiger partial charge in [0.05, 0.1) is 29.1 Å². The first-order chi connectivity index (χ1) is 10.4. The van der Waals surface area contributed by atoms with E-state index >= 15 is 0 Å². The summed E-state index contributed by atoms with van der Waals surface area (Å²) in [4.78, 5) is 17.4. The van der Waals surface area contributed by atoms with Crippen molar-refractivity contribution in [2.75, 3.05) is 0 Å². The summed E-state index contributed by atoms with van der Waals surface area (Å²) in [6.45, 7) is 0. The molecular formula is C16H11N5. The number of rotatable bonds is 2. The summed E-state index contributed by atoms with van der Waals surface area (Å²) in [6.07, 6.45) is 8.75. The maximum atomic E-state index is 4.66. The molecule has 0 amide bonds. The van der Waals surface area contributed by atoms with Crippen molar-refractivity contribution in [3.63, 3.8) is 0 Å². The highest BCUT2D eigenvalue weighted by atomic mass is 15.1. The van der Waals surface area contributed by atoms with Crippen molar-refractivity contribution in [3.8, 4) is 17.1 Å². The molecule has 0 saturated carbocycles. The summed E-state index contributed by atoms with van der Waals surface area (Å²) in [6, 6.07) is 11.8. The molecular weight excluding hydrogens is 262 g/mol. The van der Waals surface area contributed by atoms with Crippen molar-refractivity contribution in [1.29, 1.82) is 0 Å². The van der Waals surface area contributed by atoms with Gasteiger partial charge in [-0.1, -0.05) is 12.1 Å². The molecule has 0 atom stereocenters. The summed E-state index contributed by atoms with van der Waals surface area (Å²) < 4.78 is 1.93. The molecule has 3 aromatic heterocycles. The minimum absolute atomic E-state index is 0.741. The van der Waals surface area contributed by atoms with Gasteiger partial charge in [0.15, 0.2) is 5.82 Å². The van der Waals surface area contributed by atoms with E-state index in [-0.39, 0.29) is 0 Å². The third kappa shape index (κ3) is 2.04. The summed E-state index contributed by atoms with van der Waals surface area (Å²) in [5.74, 6) is 0.741. The summed E-state index contributed by atoms with van der Waals surface area (Å²) in [5, 5.41) is 0. The van der Waals surface area contributed by atoms with Crippen LogP contribution in [0.2, 0.25) is 0 Å². The molecule has 100 valence electrons. The number of benzene rings is 1. The van der Waals surface area contributed by atoms with Crippen molar-refractivity contribution >= 4 is 11.0 Å². The molecule has 4 aromatic rings. The van der Waals surface area contributed by atoms with Gasteiger partial charge in [-0.2, -0.15) is 0 Å². The number of imidazole rings is 1. The molecule has 1 aromatic carbocycles. The van der Waals surface area contributed by atoms with Gasteiger partial charge >= 0.3 is 0 Å². The van der Waals surface area contributed by atoms with Crippen LogP contribution in [0.5, 0.6) is 0 Å². The van der Waals surface area contributed by atoms with Crippen LogP contribution < -0.4 is 0 Å². The second-order valence-electron chi connectivity index (χ2n) is 4.61. The Labute approximate surface area is 121 Å². The topological polar surface area (TPSA) is 56.5 Å². The van der Waals surface area contributed by atoms with Crippen molar-refractivity contribution in [3.05, 3.63) is 67.5 Å². The molecule has 0 spiro atoms. The number of aromatic nitrogens is 5. The van der Waals surface area contributed by atoms with Crippen LogP contribution in [0.15, 0.2) is 67.5 Å². The number of hydrogen-bond donors (Lipinski definition) is 0. The van der Waals surface area contributed by atoms with Crippen LogP contribution in [0, 0.1) is 0 Å². The van der Waals surface area contributed by atoms with Crippen LogP contribution in [-0.4, -0.2) is 24.5 Å². The molecule has 4 rings (SSSR count). The van der Waals surface area contributed by atoms with Crippen LogP contribution in [0.1, 0.15) is 0 Å². The number of hydrogen-bond acceptors (Lipinski definition) is 4. The van der Waals surface area contributed by atoms with Crippen LogP contribution in [-0.2, 0) is 0 Å². The summed E-state index contributed by atoms with van der Waals surface area (Å²) >= 11 is 0. The highest BCUT2D eigenvalue weighted by molar-refractivity contribution is 5.76. The summed E-state index contributed by atoms with van der Waals surface area (Å²) in [7, 11) is 0. The Hall–Kier alpha value is -3.08. The van der Waals surface area contributed by atoms with Crippen LogP contribution in [0.3, 0.4) is 0 Å². The Bertz CT molecular complexity index is 899. The maximum absolute atomic E-state index is 4.66. The molecule has 0 unspecified atom stereocenters. The van der Waals surface area contributed by atoms with E-state index in [1.165, 1.54) is 0 Å². The molecule has 0 radical (unpaired) electrons. The number of pyridine rings is 1. The number of para-hydroxylation sites is 2. The predicted octanol–water partition coefficient (Wildman–Crippen LogP) is 2.88. The van der Waals surface area contributed by atoms with E-state index in [0.29, 0.717) is 0 Å². The molecule has 0 bridgehead atoms. The fraction of sp³-hybridized carbons (Fsp3) is 0. The lowest BCUT2D eigenvalue weighted by molar-refractivity contribution is 0.998. The Morgan fingerprint density at radius 1 is 0.857 bits per heavy atom. The Kier molecular flexibility index (Phi) is 2.67. The van der Waals surface area contributed by atoms with Crippen molar-refractivity contribution in [2.24, 2.45) is 0 Å². The van der Waals surface area contributed by atoms with Crippen molar-refractivity contribution in [2.45, 2.75) is 0 Å². The first kappa shape index (κ1) is 11.7. The van der Waals surface area contributed by atoms with Gasteiger partial charge in [-0.15, -0.1) is 0 Å². The second kappa shape index (κ2) is 4.79. The molecule has 3 heterocycles. The van der Waals surface area contributed by atoms with E-state index in [1.807, 2.05) is 41.0 Å².